The quantitative estimate of drug-likeness (QED) is 0.222. The van der Waals surface area contributed by atoms with Crippen LogP contribution in [0.15, 0.2) is 12.1 Å². The molecule has 1 aliphatic carbocycles. The molecule has 0 amide bonds. The molecule has 1 saturated heterocycles. The van der Waals surface area contributed by atoms with E-state index in [1.54, 1.807) is 18.1 Å². The van der Waals surface area contributed by atoms with Crippen molar-refractivity contribution in [3.05, 3.63) is 34.4 Å². The van der Waals surface area contributed by atoms with Gasteiger partial charge in [-0.3, -0.25) is 0 Å². The van der Waals surface area contributed by atoms with Gasteiger partial charge in [-0.1, -0.05) is 81.6 Å². The highest BCUT2D eigenvalue weighted by Gasteiger charge is 2.26. The van der Waals surface area contributed by atoms with E-state index in [1.807, 2.05) is 0 Å². The molecule has 0 N–H and O–H groups in total. The molecular weight excluding hydrogens is 390 g/mol. The van der Waals surface area contributed by atoms with Crippen molar-refractivity contribution >= 4 is 20.4 Å². The second-order valence-electron chi connectivity index (χ2n) is 9.48. The van der Waals surface area contributed by atoms with Crippen LogP contribution < -0.4 is 0 Å². The Balaban J connectivity index is 1.35. The molecule has 0 bridgehead atoms. The first-order valence-electron chi connectivity index (χ1n) is 11.7. The molecule has 0 atom stereocenters. The monoisotopic (exact) mass is 426 g/mol. The number of unbranched alkanes of at least 4 members (excludes halogenated alkanes) is 2. The van der Waals surface area contributed by atoms with Gasteiger partial charge >= 0.3 is 0 Å². The van der Waals surface area contributed by atoms with Crippen molar-refractivity contribution in [3.63, 3.8) is 0 Å². The molecule has 1 aromatic carbocycles. The van der Waals surface area contributed by atoms with Gasteiger partial charge in [0.05, 0.1) is 0 Å². The van der Waals surface area contributed by atoms with Gasteiger partial charge in [0.25, 0.3) is 0 Å². The summed E-state index contributed by atoms with van der Waals surface area (Å²) in [5, 5.41) is -0.374. The molecule has 158 valence electrons. The minimum atomic E-state index is -0.618. The molecule has 3 rings (SSSR count). The molecule has 0 radical (unpaired) electrons. The molecule has 1 aromatic rings. The maximum Gasteiger partial charge on any atom is 0.145 e. The number of hydrogen-bond acceptors (Lipinski definition) is 0. The largest absolute Gasteiger partial charge is 0.205 e. The van der Waals surface area contributed by atoms with Gasteiger partial charge in [0, 0.05) is 8.80 Å². The molecule has 2 aliphatic rings. The van der Waals surface area contributed by atoms with Gasteiger partial charge in [-0.25, -0.2) is 8.78 Å². The van der Waals surface area contributed by atoms with Crippen molar-refractivity contribution < 1.29 is 8.78 Å². The lowest BCUT2D eigenvalue weighted by atomic mass is 9.76. The summed E-state index contributed by atoms with van der Waals surface area (Å²) >= 11 is 5.62. The average Bonchev–Trinajstić information content (AvgIpc) is 2.71. The van der Waals surface area contributed by atoms with Crippen LogP contribution in [0, 0.1) is 23.5 Å². The van der Waals surface area contributed by atoms with Crippen molar-refractivity contribution in [1.29, 1.82) is 0 Å². The van der Waals surface area contributed by atoms with E-state index >= 15 is 0 Å². The molecule has 4 heteroatoms. The van der Waals surface area contributed by atoms with E-state index in [9.17, 15) is 8.78 Å². The van der Waals surface area contributed by atoms with Crippen LogP contribution in [0.2, 0.25) is 23.2 Å². The Morgan fingerprint density at radius 2 is 1.46 bits per heavy atom. The third-order valence-corrected chi connectivity index (χ3v) is 11.4. The van der Waals surface area contributed by atoms with E-state index < -0.39 is 11.6 Å². The Morgan fingerprint density at radius 3 is 2.04 bits per heavy atom. The van der Waals surface area contributed by atoms with Gasteiger partial charge in [0.15, 0.2) is 0 Å². The van der Waals surface area contributed by atoms with Gasteiger partial charge in [-0.05, 0) is 61.1 Å². The van der Waals surface area contributed by atoms with Crippen LogP contribution in [0.4, 0.5) is 8.78 Å². The van der Waals surface area contributed by atoms with Crippen LogP contribution in [-0.4, -0.2) is 8.80 Å². The van der Waals surface area contributed by atoms with Gasteiger partial charge in [-0.2, -0.15) is 0 Å². The molecule has 0 aromatic heterocycles. The molecule has 0 nitrogen and oxygen atoms in total. The summed E-state index contributed by atoms with van der Waals surface area (Å²) in [7, 11) is -0.381. The van der Waals surface area contributed by atoms with Crippen molar-refractivity contribution in [2.45, 2.75) is 102 Å². The van der Waals surface area contributed by atoms with Crippen molar-refractivity contribution in [3.8, 4) is 0 Å². The van der Waals surface area contributed by atoms with E-state index in [0.29, 0.717) is 5.92 Å². The average molecular weight is 427 g/mol. The zero-order valence-electron chi connectivity index (χ0n) is 17.5. The highest BCUT2D eigenvalue weighted by Crippen LogP contribution is 2.40. The van der Waals surface area contributed by atoms with E-state index in [4.69, 9.17) is 11.6 Å². The maximum atomic E-state index is 13.7. The zero-order valence-corrected chi connectivity index (χ0v) is 19.4. The molecule has 1 heterocycles. The van der Waals surface area contributed by atoms with Crippen LogP contribution >= 0.6 is 11.6 Å². The fraction of sp³-hybridized carbons (Fsp3) is 0.750. The molecule has 2 fully saturated rings. The van der Waals surface area contributed by atoms with Crippen LogP contribution in [0.3, 0.4) is 0 Å². The van der Waals surface area contributed by atoms with Gasteiger partial charge in [0.2, 0.25) is 0 Å². The predicted octanol–water partition coefficient (Wildman–Crippen LogP) is 8.50. The third kappa shape index (κ3) is 6.29. The molecule has 28 heavy (non-hydrogen) atoms. The van der Waals surface area contributed by atoms with Gasteiger partial charge < -0.3 is 0 Å². The van der Waals surface area contributed by atoms with Crippen LogP contribution in [-0.2, 0) is 0 Å². The number of rotatable bonds is 8. The minimum absolute atomic E-state index is 0.294. The Kier molecular flexibility index (Phi) is 8.84. The Labute approximate surface area is 177 Å². The highest BCUT2D eigenvalue weighted by atomic mass is 35.5. The fourth-order valence-corrected chi connectivity index (χ4v) is 9.29. The van der Waals surface area contributed by atoms with E-state index in [1.165, 1.54) is 69.9 Å². The number of benzene rings is 1. The summed E-state index contributed by atoms with van der Waals surface area (Å²) in [6, 6.07) is 7.67. The maximum absolute atomic E-state index is 13.7. The lowest BCUT2D eigenvalue weighted by molar-refractivity contribution is 0.279. The zero-order chi connectivity index (χ0) is 19.9. The first-order chi connectivity index (χ1) is 13.6. The lowest BCUT2D eigenvalue weighted by Gasteiger charge is -2.32. The van der Waals surface area contributed by atoms with E-state index in [0.717, 1.165) is 30.2 Å². The third-order valence-electron chi connectivity index (χ3n) is 7.49. The van der Waals surface area contributed by atoms with Gasteiger partial charge in [-0.15, -0.1) is 0 Å². The van der Waals surface area contributed by atoms with Crippen LogP contribution in [0.1, 0.15) is 89.0 Å². The first-order valence-corrected chi connectivity index (χ1v) is 14.5. The predicted molar refractivity (Wildman–Crippen MR) is 119 cm³/mol. The minimum Gasteiger partial charge on any atom is -0.205 e. The number of halogens is 3. The number of hydrogen-bond donors (Lipinski definition) is 0. The standard InChI is InChI=1S/C24H37ClF2Si/c1-2-3-4-13-28-14-11-19(12-15-28)6-5-18-7-9-20(10-8-18)21-16-22(26)24(25)23(27)17-21/h16-20,28H,2-15H2,1H3. The Hall–Kier alpha value is -0.413. The van der Waals surface area contributed by atoms with Crippen molar-refractivity contribution in [2.24, 2.45) is 11.8 Å². The lowest BCUT2D eigenvalue weighted by Crippen LogP contribution is -2.22. The Morgan fingerprint density at radius 1 is 0.893 bits per heavy atom. The normalized spacial score (nSPS) is 28.4. The van der Waals surface area contributed by atoms with E-state index in [2.05, 4.69) is 6.92 Å². The molecule has 0 spiro atoms. The summed E-state index contributed by atoms with van der Waals surface area (Å²) in [6.45, 7) is 2.30. The van der Waals surface area contributed by atoms with E-state index in [-0.39, 0.29) is 13.8 Å². The molecule has 1 saturated carbocycles. The summed E-state index contributed by atoms with van der Waals surface area (Å²) in [5.41, 5.74) is 0.796. The summed E-state index contributed by atoms with van der Waals surface area (Å²) in [4.78, 5) is 0. The molecular formula is C24H37ClF2Si. The summed E-state index contributed by atoms with van der Waals surface area (Å²) in [6.07, 6.45) is 14.6. The molecule has 1 aliphatic heterocycles. The topological polar surface area (TPSA) is 0 Å². The summed E-state index contributed by atoms with van der Waals surface area (Å²) < 4.78 is 27.5. The van der Waals surface area contributed by atoms with Crippen molar-refractivity contribution in [1.82, 2.24) is 0 Å². The van der Waals surface area contributed by atoms with Crippen molar-refractivity contribution in [2.75, 3.05) is 0 Å². The first kappa shape index (κ1) is 22.3. The fourth-order valence-electron chi connectivity index (χ4n) is 5.56. The van der Waals surface area contributed by atoms with Crippen LogP contribution in [0.5, 0.6) is 0 Å². The SMILES string of the molecule is CCCCC[SiH]1CCC(CCC2CCC(c3cc(F)c(Cl)c(F)c3)CC2)CC1. The summed E-state index contributed by atoms with van der Waals surface area (Å²) in [5.74, 6) is 0.854. The second-order valence-corrected chi connectivity index (χ2v) is 13.3. The molecule has 0 unspecified atom stereocenters. The van der Waals surface area contributed by atoms with Gasteiger partial charge in [0.1, 0.15) is 16.7 Å². The Bertz CT molecular complexity index is 582. The highest BCUT2D eigenvalue weighted by molar-refractivity contribution is 6.58. The smallest absolute Gasteiger partial charge is 0.145 e. The second kappa shape index (κ2) is 11.1. The van der Waals surface area contributed by atoms with Crippen LogP contribution in [0.25, 0.3) is 0 Å².